The van der Waals surface area contributed by atoms with Gasteiger partial charge in [0.1, 0.15) is 11.4 Å². The molecule has 0 atom stereocenters. The normalized spacial score (nSPS) is 14.9. The molecule has 1 fully saturated rings. The van der Waals surface area contributed by atoms with E-state index in [1.54, 1.807) is 35.0 Å². The first-order valence-electron chi connectivity index (χ1n) is 9.89. The fourth-order valence-electron chi connectivity index (χ4n) is 3.49. The lowest BCUT2D eigenvalue weighted by Gasteiger charge is -2.27. The fourth-order valence-corrected chi connectivity index (χ4v) is 3.49. The molecule has 152 valence electrons. The number of aromatic nitrogens is 3. The molecule has 0 spiro atoms. The van der Waals surface area contributed by atoms with Crippen LogP contribution in [0.5, 0.6) is 5.75 Å². The Hall–Kier alpha value is -2.97. The lowest BCUT2D eigenvalue weighted by atomic mass is 10.1. The highest BCUT2D eigenvalue weighted by molar-refractivity contribution is 5.75. The van der Waals surface area contributed by atoms with Crippen LogP contribution in [0.2, 0.25) is 0 Å². The maximum absolute atomic E-state index is 12.2. The standard InChI is InChI=1S/C21H25N5O3/c1-2-7-26-19(28)6-3-15-13-22-21(24-20(15)26)23-17-4-5-18(27)16(12-17)14-25-8-10-29-11-9-25/h3-6,12-13,27H,2,7-11,14H2,1H3,(H,22,23,24). The van der Waals surface area contributed by atoms with E-state index in [1.165, 1.54) is 0 Å². The third kappa shape index (κ3) is 4.38. The topological polar surface area (TPSA) is 92.5 Å². The minimum Gasteiger partial charge on any atom is -0.508 e. The zero-order valence-electron chi connectivity index (χ0n) is 16.5. The summed E-state index contributed by atoms with van der Waals surface area (Å²) in [4.78, 5) is 23.4. The third-order valence-corrected chi connectivity index (χ3v) is 5.00. The van der Waals surface area contributed by atoms with Crippen molar-refractivity contribution in [1.29, 1.82) is 0 Å². The zero-order valence-corrected chi connectivity index (χ0v) is 16.5. The van der Waals surface area contributed by atoms with Crippen LogP contribution in [0.1, 0.15) is 18.9 Å². The van der Waals surface area contributed by atoms with E-state index in [4.69, 9.17) is 4.74 Å². The van der Waals surface area contributed by atoms with E-state index in [9.17, 15) is 9.90 Å². The SMILES string of the molecule is CCCn1c(=O)ccc2cnc(Nc3ccc(O)c(CN4CCOCC4)c3)nc21. The summed E-state index contributed by atoms with van der Waals surface area (Å²) in [5, 5.41) is 14.3. The number of phenolic OH excluding ortho intramolecular Hbond substituents is 1. The van der Waals surface area contributed by atoms with Crippen molar-refractivity contribution >= 4 is 22.7 Å². The van der Waals surface area contributed by atoms with Crippen molar-refractivity contribution in [2.24, 2.45) is 0 Å². The monoisotopic (exact) mass is 395 g/mol. The molecule has 3 heterocycles. The quantitative estimate of drug-likeness (QED) is 0.620. The van der Waals surface area contributed by atoms with Gasteiger partial charge in [0.25, 0.3) is 5.56 Å². The van der Waals surface area contributed by atoms with Crippen LogP contribution in [0.3, 0.4) is 0 Å². The Morgan fingerprint density at radius 2 is 2.03 bits per heavy atom. The van der Waals surface area contributed by atoms with Gasteiger partial charge in [0.15, 0.2) is 0 Å². The Balaban J connectivity index is 1.60. The van der Waals surface area contributed by atoms with Crippen molar-refractivity contribution < 1.29 is 9.84 Å². The molecule has 1 aliphatic rings. The van der Waals surface area contributed by atoms with E-state index in [-0.39, 0.29) is 11.3 Å². The number of ether oxygens (including phenoxy) is 1. The highest BCUT2D eigenvalue weighted by Gasteiger charge is 2.14. The first kappa shape index (κ1) is 19.4. The second-order valence-electron chi connectivity index (χ2n) is 7.15. The average molecular weight is 395 g/mol. The van der Waals surface area contributed by atoms with Crippen molar-refractivity contribution in [2.75, 3.05) is 31.6 Å². The molecule has 0 aliphatic carbocycles. The number of benzene rings is 1. The van der Waals surface area contributed by atoms with Crippen LogP contribution in [0.25, 0.3) is 11.0 Å². The van der Waals surface area contributed by atoms with Crippen molar-refractivity contribution in [2.45, 2.75) is 26.4 Å². The van der Waals surface area contributed by atoms with Crippen molar-refractivity contribution in [3.8, 4) is 5.75 Å². The number of anilines is 2. The van der Waals surface area contributed by atoms with E-state index in [1.807, 2.05) is 13.0 Å². The number of aromatic hydroxyl groups is 1. The highest BCUT2D eigenvalue weighted by atomic mass is 16.5. The molecule has 8 nitrogen and oxygen atoms in total. The minimum absolute atomic E-state index is 0.0681. The minimum atomic E-state index is -0.0681. The Morgan fingerprint density at radius 3 is 2.83 bits per heavy atom. The number of aryl methyl sites for hydroxylation is 1. The summed E-state index contributed by atoms with van der Waals surface area (Å²) >= 11 is 0. The Kier molecular flexibility index (Phi) is 5.73. The molecule has 2 aromatic heterocycles. The van der Waals surface area contributed by atoms with Crippen molar-refractivity contribution in [3.63, 3.8) is 0 Å². The van der Waals surface area contributed by atoms with Crippen molar-refractivity contribution in [3.05, 3.63) is 52.4 Å². The summed E-state index contributed by atoms with van der Waals surface area (Å²) in [6, 6.07) is 8.66. The van der Waals surface area contributed by atoms with Gasteiger partial charge < -0.3 is 15.2 Å². The number of hydrogen-bond acceptors (Lipinski definition) is 7. The summed E-state index contributed by atoms with van der Waals surface area (Å²) in [6.07, 6.45) is 2.56. The van der Waals surface area contributed by atoms with Gasteiger partial charge in [0.2, 0.25) is 5.95 Å². The molecule has 8 heteroatoms. The lowest BCUT2D eigenvalue weighted by molar-refractivity contribution is 0.0339. The predicted octanol–water partition coefficient (Wildman–Crippen LogP) is 2.48. The first-order valence-corrected chi connectivity index (χ1v) is 9.89. The number of morpholine rings is 1. The Labute approximate surface area is 168 Å². The van der Waals surface area contributed by atoms with Gasteiger partial charge in [-0.25, -0.2) is 4.98 Å². The molecule has 2 N–H and O–H groups in total. The van der Waals surface area contributed by atoms with Crippen LogP contribution in [-0.4, -0.2) is 50.8 Å². The van der Waals surface area contributed by atoms with Gasteiger partial charge in [-0.1, -0.05) is 6.92 Å². The number of fused-ring (bicyclic) bond motifs is 1. The van der Waals surface area contributed by atoms with E-state index >= 15 is 0 Å². The fraction of sp³-hybridized carbons (Fsp3) is 0.381. The summed E-state index contributed by atoms with van der Waals surface area (Å²) in [7, 11) is 0. The number of pyridine rings is 1. The molecule has 1 aromatic carbocycles. The third-order valence-electron chi connectivity index (χ3n) is 5.00. The van der Waals surface area contributed by atoms with Gasteiger partial charge in [-0.3, -0.25) is 14.3 Å². The average Bonchev–Trinajstić information content (AvgIpc) is 2.73. The Morgan fingerprint density at radius 1 is 1.21 bits per heavy atom. The molecular weight excluding hydrogens is 370 g/mol. The molecule has 0 unspecified atom stereocenters. The zero-order chi connectivity index (χ0) is 20.2. The van der Waals surface area contributed by atoms with Crippen molar-refractivity contribution in [1.82, 2.24) is 19.4 Å². The maximum atomic E-state index is 12.2. The molecule has 3 aromatic rings. The molecule has 0 bridgehead atoms. The number of phenols is 1. The summed E-state index contributed by atoms with van der Waals surface area (Å²) in [5.74, 6) is 0.675. The maximum Gasteiger partial charge on any atom is 0.252 e. The second-order valence-corrected chi connectivity index (χ2v) is 7.15. The summed E-state index contributed by atoms with van der Waals surface area (Å²) < 4.78 is 7.05. The van der Waals surface area contributed by atoms with E-state index < -0.39 is 0 Å². The van der Waals surface area contributed by atoms with Gasteiger partial charge in [-0.05, 0) is 30.7 Å². The molecule has 0 saturated carbocycles. The molecule has 1 aliphatic heterocycles. The van der Waals surface area contributed by atoms with Crippen LogP contribution in [0, 0.1) is 0 Å². The number of hydrogen-bond donors (Lipinski definition) is 2. The van der Waals surface area contributed by atoms with Crippen LogP contribution in [0.4, 0.5) is 11.6 Å². The highest BCUT2D eigenvalue weighted by Crippen LogP contribution is 2.25. The van der Waals surface area contributed by atoms with Gasteiger partial charge >= 0.3 is 0 Å². The molecule has 4 rings (SSSR count). The summed E-state index contributed by atoms with van der Waals surface area (Å²) in [5.41, 5.74) is 2.16. The van der Waals surface area contributed by atoms with Gasteiger partial charge in [-0.15, -0.1) is 0 Å². The Bertz CT molecular complexity index is 1060. The molecule has 29 heavy (non-hydrogen) atoms. The number of nitrogens with zero attached hydrogens (tertiary/aromatic N) is 4. The van der Waals surface area contributed by atoms with Crippen LogP contribution >= 0.6 is 0 Å². The van der Waals surface area contributed by atoms with E-state index in [0.29, 0.717) is 37.9 Å². The molecular formula is C21H25N5O3. The lowest BCUT2D eigenvalue weighted by Crippen LogP contribution is -2.35. The molecule has 0 radical (unpaired) electrons. The smallest absolute Gasteiger partial charge is 0.252 e. The summed E-state index contributed by atoms with van der Waals surface area (Å²) in [6.45, 7) is 6.40. The van der Waals surface area contributed by atoms with Crippen LogP contribution < -0.4 is 10.9 Å². The largest absolute Gasteiger partial charge is 0.508 e. The second kappa shape index (κ2) is 8.59. The van der Waals surface area contributed by atoms with E-state index in [2.05, 4.69) is 20.2 Å². The van der Waals surface area contributed by atoms with Crippen LogP contribution in [0.15, 0.2) is 41.3 Å². The predicted molar refractivity (Wildman–Crippen MR) is 112 cm³/mol. The van der Waals surface area contributed by atoms with Crippen LogP contribution in [-0.2, 0) is 17.8 Å². The molecule has 1 saturated heterocycles. The van der Waals surface area contributed by atoms with Gasteiger partial charge in [0.05, 0.1) is 13.2 Å². The first-order chi connectivity index (χ1) is 14.1. The number of rotatable bonds is 6. The number of nitrogens with one attached hydrogen (secondary N) is 1. The van der Waals surface area contributed by atoms with Gasteiger partial charge in [-0.2, -0.15) is 4.98 Å². The van der Waals surface area contributed by atoms with E-state index in [0.717, 1.165) is 36.1 Å². The van der Waals surface area contributed by atoms with Gasteiger partial charge in [0, 0.05) is 55.1 Å². The molecule has 0 amide bonds.